The minimum Gasteiger partial charge on any atom is -0.495 e. The highest BCUT2D eigenvalue weighted by atomic mass is 32.1. The van der Waals surface area contributed by atoms with Crippen LogP contribution in [0, 0.1) is 0 Å². The van der Waals surface area contributed by atoms with Crippen LogP contribution in [0.3, 0.4) is 0 Å². The number of hydrogen-bond acceptors (Lipinski definition) is 7. The number of para-hydroxylation sites is 2. The van der Waals surface area contributed by atoms with Gasteiger partial charge in [0.15, 0.2) is 5.13 Å². The first-order valence-corrected chi connectivity index (χ1v) is 10.4. The molecule has 1 aliphatic rings. The molecule has 2 aromatic heterocycles. The molecule has 29 heavy (non-hydrogen) atoms. The largest absolute Gasteiger partial charge is 0.495 e. The highest BCUT2D eigenvalue weighted by molar-refractivity contribution is 7.13. The van der Waals surface area contributed by atoms with Crippen molar-refractivity contribution in [1.29, 1.82) is 0 Å². The number of rotatable bonds is 6. The Kier molecular flexibility index (Phi) is 5.90. The van der Waals surface area contributed by atoms with E-state index in [1.54, 1.807) is 13.3 Å². The Balaban J connectivity index is 1.31. The number of nitrogens with one attached hydrogen (secondary N) is 1. The molecule has 4 rings (SSSR count). The number of carbonyl (C=O) groups excluding carboxylic acids is 1. The molecule has 3 heterocycles. The van der Waals surface area contributed by atoms with Crippen molar-refractivity contribution < 1.29 is 9.53 Å². The van der Waals surface area contributed by atoms with E-state index in [1.165, 1.54) is 11.3 Å². The van der Waals surface area contributed by atoms with Crippen molar-refractivity contribution in [2.75, 3.05) is 43.5 Å². The van der Waals surface area contributed by atoms with Crippen molar-refractivity contribution in [3.05, 3.63) is 59.7 Å². The molecule has 0 spiro atoms. The zero-order valence-electron chi connectivity index (χ0n) is 16.2. The van der Waals surface area contributed by atoms with Gasteiger partial charge in [0, 0.05) is 37.8 Å². The zero-order valence-corrected chi connectivity index (χ0v) is 17.1. The molecule has 1 fully saturated rings. The highest BCUT2D eigenvalue weighted by Gasteiger charge is 2.23. The van der Waals surface area contributed by atoms with Gasteiger partial charge in [0.25, 0.3) is 0 Å². The number of benzene rings is 1. The van der Waals surface area contributed by atoms with Gasteiger partial charge in [0.2, 0.25) is 5.91 Å². The number of hydrogen-bond donors (Lipinski definition) is 1. The molecule has 1 aromatic carbocycles. The summed E-state index contributed by atoms with van der Waals surface area (Å²) >= 11 is 1.48. The van der Waals surface area contributed by atoms with Crippen LogP contribution < -0.4 is 15.0 Å². The van der Waals surface area contributed by atoms with Gasteiger partial charge in [-0.2, -0.15) is 0 Å². The number of ether oxygens (including phenoxy) is 1. The van der Waals surface area contributed by atoms with E-state index in [0.717, 1.165) is 41.2 Å². The lowest BCUT2D eigenvalue weighted by atomic mass is 10.2. The van der Waals surface area contributed by atoms with E-state index in [9.17, 15) is 4.79 Å². The number of amides is 1. The number of piperazine rings is 1. The van der Waals surface area contributed by atoms with E-state index in [-0.39, 0.29) is 5.91 Å². The van der Waals surface area contributed by atoms with E-state index in [4.69, 9.17) is 4.74 Å². The third kappa shape index (κ3) is 4.65. The van der Waals surface area contributed by atoms with Gasteiger partial charge in [-0.25, -0.2) is 9.97 Å². The molecule has 8 heteroatoms. The van der Waals surface area contributed by atoms with Gasteiger partial charge in [0.05, 0.1) is 24.9 Å². The Bertz CT molecular complexity index is 954. The maximum atomic E-state index is 12.7. The summed E-state index contributed by atoms with van der Waals surface area (Å²) in [5, 5.41) is 5.83. The van der Waals surface area contributed by atoms with Crippen LogP contribution in [0.5, 0.6) is 5.75 Å². The second-order valence-corrected chi connectivity index (χ2v) is 7.56. The van der Waals surface area contributed by atoms with Crippen molar-refractivity contribution >= 4 is 33.9 Å². The van der Waals surface area contributed by atoms with Crippen LogP contribution in [0.2, 0.25) is 0 Å². The molecular weight excluding hydrogens is 386 g/mol. The van der Waals surface area contributed by atoms with Gasteiger partial charge in [0.1, 0.15) is 11.6 Å². The molecule has 1 aliphatic heterocycles. The van der Waals surface area contributed by atoms with E-state index in [1.807, 2.05) is 46.7 Å². The van der Waals surface area contributed by atoms with Crippen LogP contribution >= 0.6 is 11.3 Å². The maximum absolute atomic E-state index is 12.7. The Hall–Kier alpha value is -3.13. The molecule has 1 saturated heterocycles. The molecule has 1 amide bonds. The minimum absolute atomic E-state index is 0.111. The summed E-state index contributed by atoms with van der Waals surface area (Å²) in [6.07, 6.45) is 2.04. The van der Waals surface area contributed by atoms with Crippen molar-refractivity contribution in [2.45, 2.75) is 6.42 Å². The van der Waals surface area contributed by atoms with Crippen LogP contribution in [0.15, 0.2) is 54.0 Å². The van der Waals surface area contributed by atoms with Gasteiger partial charge in [-0.1, -0.05) is 18.2 Å². The average Bonchev–Trinajstić information content (AvgIpc) is 3.21. The van der Waals surface area contributed by atoms with E-state index in [0.29, 0.717) is 19.5 Å². The number of aromatic nitrogens is 2. The van der Waals surface area contributed by atoms with Crippen LogP contribution in [-0.4, -0.2) is 54.1 Å². The van der Waals surface area contributed by atoms with Crippen molar-refractivity contribution in [3.63, 3.8) is 0 Å². The van der Waals surface area contributed by atoms with Gasteiger partial charge >= 0.3 is 0 Å². The monoisotopic (exact) mass is 409 g/mol. The number of anilines is 3. The molecule has 150 valence electrons. The molecule has 7 nitrogen and oxygen atoms in total. The lowest BCUT2D eigenvalue weighted by Crippen LogP contribution is -2.49. The maximum Gasteiger partial charge on any atom is 0.228 e. The fourth-order valence-corrected chi connectivity index (χ4v) is 4.06. The SMILES string of the molecule is COc1ccccc1N1CCN(C(=O)Cc2csc(Nc3ccccn3)n2)CC1. The summed E-state index contributed by atoms with van der Waals surface area (Å²) < 4.78 is 5.46. The fraction of sp³-hybridized carbons (Fsp3) is 0.286. The van der Waals surface area contributed by atoms with E-state index >= 15 is 0 Å². The zero-order chi connectivity index (χ0) is 20.1. The predicted octanol–water partition coefficient (Wildman–Crippen LogP) is 3.18. The summed E-state index contributed by atoms with van der Waals surface area (Å²) in [4.78, 5) is 25.6. The first kappa shape index (κ1) is 19.2. The van der Waals surface area contributed by atoms with E-state index in [2.05, 4.69) is 26.3 Å². The van der Waals surface area contributed by atoms with Crippen LogP contribution in [-0.2, 0) is 11.2 Å². The van der Waals surface area contributed by atoms with Crippen LogP contribution in [0.25, 0.3) is 0 Å². The van der Waals surface area contributed by atoms with Crippen LogP contribution in [0.4, 0.5) is 16.6 Å². The molecule has 0 bridgehead atoms. The summed E-state index contributed by atoms with van der Waals surface area (Å²) in [5.74, 6) is 1.72. The molecule has 0 saturated carbocycles. The Morgan fingerprint density at radius 3 is 2.69 bits per heavy atom. The smallest absolute Gasteiger partial charge is 0.228 e. The van der Waals surface area contributed by atoms with Crippen molar-refractivity contribution in [1.82, 2.24) is 14.9 Å². The second-order valence-electron chi connectivity index (χ2n) is 6.70. The first-order valence-electron chi connectivity index (χ1n) is 9.51. The molecule has 0 atom stereocenters. The fourth-order valence-electron chi connectivity index (χ4n) is 3.35. The van der Waals surface area contributed by atoms with Crippen LogP contribution in [0.1, 0.15) is 5.69 Å². The van der Waals surface area contributed by atoms with Crippen molar-refractivity contribution in [3.8, 4) is 5.75 Å². The van der Waals surface area contributed by atoms with Gasteiger partial charge < -0.3 is 19.9 Å². The predicted molar refractivity (Wildman–Crippen MR) is 115 cm³/mol. The lowest BCUT2D eigenvalue weighted by molar-refractivity contribution is -0.130. The Labute approximate surface area is 174 Å². The molecule has 0 radical (unpaired) electrons. The summed E-state index contributed by atoms with van der Waals surface area (Å²) in [6.45, 7) is 2.96. The number of pyridine rings is 1. The number of thiazole rings is 1. The molecule has 0 unspecified atom stereocenters. The Morgan fingerprint density at radius 1 is 1.14 bits per heavy atom. The quantitative estimate of drug-likeness (QED) is 0.674. The Morgan fingerprint density at radius 2 is 1.93 bits per heavy atom. The minimum atomic E-state index is 0.111. The third-order valence-electron chi connectivity index (χ3n) is 4.84. The molecule has 0 aliphatic carbocycles. The second kappa shape index (κ2) is 8.91. The van der Waals surface area contributed by atoms with Gasteiger partial charge in [-0.05, 0) is 24.3 Å². The number of methoxy groups -OCH3 is 1. The first-order chi connectivity index (χ1) is 14.2. The summed E-state index contributed by atoms with van der Waals surface area (Å²) in [6, 6.07) is 13.7. The molecule has 1 N–H and O–H groups in total. The molecular formula is C21H23N5O2S. The summed E-state index contributed by atoms with van der Waals surface area (Å²) in [7, 11) is 1.68. The van der Waals surface area contributed by atoms with Gasteiger partial charge in [-0.3, -0.25) is 4.79 Å². The van der Waals surface area contributed by atoms with Crippen molar-refractivity contribution in [2.24, 2.45) is 0 Å². The standard InChI is InChI=1S/C21H23N5O2S/c1-28-18-7-3-2-6-17(18)25-10-12-26(13-11-25)20(27)14-16-15-29-21(23-16)24-19-8-4-5-9-22-19/h2-9,15H,10-14H2,1H3,(H,22,23,24). The summed E-state index contributed by atoms with van der Waals surface area (Å²) in [5.41, 5.74) is 1.86. The van der Waals surface area contributed by atoms with E-state index < -0.39 is 0 Å². The third-order valence-corrected chi connectivity index (χ3v) is 5.65. The number of carbonyl (C=O) groups is 1. The topological polar surface area (TPSA) is 70.6 Å². The highest BCUT2D eigenvalue weighted by Crippen LogP contribution is 2.28. The van der Waals surface area contributed by atoms with Gasteiger partial charge in [-0.15, -0.1) is 11.3 Å². The molecule has 3 aromatic rings. The normalized spacial score (nSPS) is 14.0. The number of nitrogens with zero attached hydrogens (tertiary/aromatic N) is 4. The average molecular weight is 410 g/mol. The lowest BCUT2D eigenvalue weighted by Gasteiger charge is -2.36.